The third kappa shape index (κ3) is 4.37. The number of rotatable bonds is 5. The predicted octanol–water partition coefficient (Wildman–Crippen LogP) is 2.64. The first-order valence-electron chi connectivity index (χ1n) is 7.12. The first kappa shape index (κ1) is 18.9. The maximum Gasteiger partial charge on any atom is 0.241 e. The highest BCUT2D eigenvalue weighted by atomic mass is 32.2. The smallest absolute Gasteiger partial charge is 0.241 e. The lowest BCUT2D eigenvalue weighted by molar-refractivity contribution is -0.115. The zero-order valence-corrected chi connectivity index (χ0v) is 14.2. The van der Waals surface area contributed by atoms with Gasteiger partial charge in [-0.25, -0.2) is 26.3 Å². The van der Waals surface area contributed by atoms with Crippen LogP contribution in [0.3, 0.4) is 0 Å². The second kappa shape index (κ2) is 7.24. The Morgan fingerprint density at radius 3 is 2.32 bits per heavy atom. The van der Waals surface area contributed by atoms with Crippen LogP contribution in [0, 0.1) is 31.3 Å². The van der Waals surface area contributed by atoms with Gasteiger partial charge in [-0.05, 0) is 49.2 Å². The van der Waals surface area contributed by atoms with E-state index in [-0.39, 0.29) is 4.90 Å². The van der Waals surface area contributed by atoms with Gasteiger partial charge in [-0.1, -0.05) is 6.07 Å². The van der Waals surface area contributed by atoms with Crippen LogP contribution in [0.1, 0.15) is 11.1 Å². The van der Waals surface area contributed by atoms with E-state index in [0.717, 1.165) is 17.2 Å². The van der Waals surface area contributed by atoms with Crippen LogP contribution in [0.25, 0.3) is 0 Å². The van der Waals surface area contributed by atoms with Gasteiger partial charge in [-0.3, -0.25) is 4.79 Å². The van der Waals surface area contributed by atoms with E-state index >= 15 is 0 Å². The molecule has 9 heteroatoms. The summed E-state index contributed by atoms with van der Waals surface area (Å²) >= 11 is 0. The summed E-state index contributed by atoms with van der Waals surface area (Å²) in [5, 5.41) is 1.98. The van der Waals surface area contributed by atoms with E-state index in [1.165, 1.54) is 12.1 Å². The van der Waals surface area contributed by atoms with Gasteiger partial charge in [-0.2, -0.15) is 0 Å². The fraction of sp³-hybridized carbons (Fsp3) is 0.188. The van der Waals surface area contributed by atoms with Crippen LogP contribution >= 0.6 is 0 Å². The molecule has 0 heterocycles. The lowest BCUT2D eigenvalue weighted by Crippen LogP contribution is -2.33. The normalized spacial score (nSPS) is 11.4. The Kier molecular flexibility index (Phi) is 5.48. The third-order valence-corrected chi connectivity index (χ3v) is 4.92. The molecule has 1 amide bonds. The Balaban J connectivity index is 2.06. The maximum absolute atomic E-state index is 13.5. The molecule has 0 radical (unpaired) electrons. The van der Waals surface area contributed by atoms with E-state index in [0.29, 0.717) is 6.07 Å². The molecule has 0 unspecified atom stereocenters. The monoisotopic (exact) mass is 372 g/mol. The summed E-state index contributed by atoms with van der Waals surface area (Å²) in [7, 11) is -3.95. The molecule has 2 aromatic rings. The molecule has 0 aliphatic carbocycles. The number of hydrogen-bond acceptors (Lipinski definition) is 3. The topological polar surface area (TPSA) is 75.3 Å². The average Bonchev–Trinajstić information content (AvgIpc) is 2.56. The zero-order chi connectivity index (χ0) is 18.8. The minimum Gasteiger partial charge on any atom is -0.322 e. The molecule has 25 heavy (non-hydrogen) atoms. The van der Waals surface area contributed by atoms with Gasteiger partial charge < -0.3 is 5.32 Å². The zero-order valence-electron chi connectivity index (χ0n) is 13.4. The van der Waals surface area contributed by atoms with Crippen LogP contribution in [-0.2, 0) is 14.8 Å². The number of carbonyl (C=O) groups excluding carboxylic acids is 1. The first-order valence-corrected chi connectivity index (χ1v) is 8.60. The molecule has 0 saturated carbocycles. The number of amides is 1. The number of sulfonamides is 1. The molecule has 0 spiro atoms. The summed E-state index contributed by atoms with van der Waals surface area (Å²) in [5.74, 6) is -5.62. The number of benzene rings is 2. The van der Waals surface area contributed by atoms with Crippen molar-refractivity contribution in [2.45, 2.75) is 18.7 Å². The van der Waals surface area contributed by atoms with Crippen molar-refractivity contribution < 1.29 is 26.4 Å². The van der Waals surface area contributed by atoms with Gasteiger partial charge in [0.25, 0.3) is 0 Å². The van der Waals surface area contributed by atoms with Gasteiger partial charge in [0.05, 0.1) is 17.1 Å². The Labute approximate surface area is 142 Å². The molecule has 2 aromatic carbocycles. The van der Waals surface area contributed by atoms with Crippen molar-refractivity contribution in [3.05, 3.63) is 58.9 Å². The van der Waals surface area contributed by atoms with Gasteiger partial charge in [0, 0.05) is 0 Å². The fourth-order valence-electron chi connectivity index (χ4n) is 1.94. The lowest BCUT2D eigenvalue weighted by Gasteiger charge is -2.10. The van der Waals surface area contributed by atoms with E-state index in [4.69, 9.17) is 0 Å². The third-order valence-electron chi connectivity index (χ3n) is 3.52. The highest BCUT2D eigenvalue weighted by Gasteiger charge is 2.18. The van der Waals surface area contributed by atoms with Crippen molar-refractivity contribution in [1.82, 2.24) is 4.72 Å². The van der Waals surface area contributed by atoms with Gasteiger partial charge >= 0.3 is 0 Å². The quantitative estimate of drug-likeness (QED) is 0.793. The van der Waals surface area contributed by atoms with Crippen molar-refractivity contribution in [3.63, 3.8) is 0 Å². The molecule has 0 atom stereocenters. The van der Waals surface area contributed by atoms with Crippen LogP contribution in [-0.4, -0.2) is 20.9 Å². The average molecular weight is 372 g/mol. The van der Waals surface area contributed by atoms with Crippen LogP contribution in [0.4, 0.5) is 18.9 Å². The second-order valence-corrected chi connectivity index (χ2v) is 7.11. The van der Waals surface area contributed by atoms with Gasteiger partial charge in [0.15, 0.2) is 17.5 Å². The predicted molar refractivity (Wildman–Crippen MR) is 86.1 cm³/mol. The number of nitrogens with one attached hydrogen (secondary N) is 2. The van der Waals surface area contributed by atoms with Gasteiger partial charge in [0.1, 0.15) is 0 Å². The minimum atomic E-state index is -3.95. The van der Waals surface area contributed by atoms with Gasteiger partial charge in [0.2, 0.25) is 15.9 Å². The Morgan fingerprint density at radius 2 is 1.68 bits per heavy atom. The van der Waals surface area contributed by atoms with E-state index in [1.807, 2.05) is 12.2 Å². The highest BCUT2D eigenvalue weighted by molar-refractivity contribution is 7.89. The van der Waals surface area contributed by atoms with Gasteiger partial charge in [-0.15, -0.1) is 0 Å². The Bertz CT molecular complexity index is 930. The molecule has 5 nitrogen and oxygen atoms in total. The van der Waals surface area contributed by atoms with Crippen molar-refractivity contribution in [2.75, 3.05) is 11.9 Å². The number of halogens is 3. The summed E-state index contributed by atoms with van der Waals surface area (Å²) in [4.78, 5) is 11.7. The van der Waals surface area contributed by atoms with Crippen LogP contribution in [0.5, 0.6) is 0 Å². The molecule has 0 saturated heterocycles. The summed E-state index contributed by atoms with van der Waals surface area (Å²) in [6.45, 7) is 2.86. The molecule has 0 bridgehead atoms. The SMILES string of the molecule is Cc1ccc(S(=O)(=O)NCC(=O)Nc2ccc(F)c(F)c2F)cc1C. The molecule has 2 N–H and O–H groups in total. The standard InChI is InChI=1S/C16H15F3N2O3S/c1-9-3-4-11(7-10(9)2)25(23,24)20-8-14(22)21-13-6-5-12(17)15(18)16(13)19/h3-7,20H,8H2,1-2H3,(H,21,22). The highest BCUT2D eigenvalue weighted by Crippen LogP contribution is 2.19. The van der Waals surface area contributed by atoms with Crippen LogP contribution in [0.15, 0.2) is 35.2 Å². The second-order valence-electron chi connectivity index (χ2n) is 5.34. The summed E-state index contributed by atoms with van der Waals surface area (Å²) in [6.07, 6.45) is 0. The number of anilines is 1. The van der Waals surface area contributed by atoms with Crippen LogP contribution in [0.2, 0.25) is 0 Å². The van der Waals surface area contributed by atoms with Crippen molar-refractivity contribution in [3.8, 4) is 0 Å². The number of carbonyl (C=O) groups is 1. The van der Waals surface area contributed by atoms with Crippen molar-refractivity contribution in [1.29, 1.82) is 0 Å². The van der Waals surface area contributed by atoms with E-state index in [9.17, 15) is 26.4 Å². The largest absolute Gasteiger partial charge is 0.322 e. The molecule has 134 valence electrons. The minimum absolute atomic E-state index is 0.0255. The molecular formula is C16H15F3N2O3S. The lowest BCUT2D eigenvalue weighted by atomic mass is 10.1. The van der Waals surface area contributed by atoms with Crippen LogP contribution < -0.4 is 10.0 Å². The molecule has 0 aliphatic heterocycles. The van der Waals surface area contributed by atoms with Crippen molar-refractivity contribution >= 4 is 21.6 Å². The molecular weight excluding hydrogens is 357 g/mol. The van der Waals surface area contributed by atoms with Crippen molar-refractivity contribution in [2.24, 2.45) is 0 Å². The van der Waals surface area contributed by atoms with E-state index < -0.39 is 45.6 Å². The number of hydrogen-bond donors (Lipinski definition) is 2. The van der Waals surface area contributed by atoms with E-state index in [2.05, 4.69) is 4.72 Å². The maximum atomic E-state index is 13.5. The number of aryl methyl sites for hydroxylation is 2. The Hall–Kier alpha value is -2.39. The molecule has 0 fully saturated rings. The first-order chi connectivity index (χ1) is 11.6. The molecule has 0 aliphatic rings. The summed E-state index contributed by atoms with van der Waals surface area (Å²) in [5.41, 5.74) is 1.08. The summed E-state index contributed by atoms with van der Waals surface area (Å²) < 4.78 is 65.7. The molecule has 0 aromatic heterocycles. The summed E-state index contributed by atoms with van der Waals surface area (Å²) in [6, 6.07) is 5.94. The fourth-order valence-corrected chi connectivity index (χ4v) is 3.01. The molecule has 2 rings (SSSR count). The Morgan fingerprint density at radius 1 is 1.00 bits per heavy atom. The van der Waals surface area contributed by atoms with E-state index in [1.54, 1.807) is 13.0 Å².